The zero-order valence-corrected chi connectivity index (χ0v) is 13.4. The molecule has 124 valence electrons. The van der Waals surface area contributed by atoms with Gasteiger partial charge in [0.1, 0.15) is 0 Å². The summed E-state index contributed by atoms with van der Waals surface area (Å²) in [7, 11) is 0. The predicted molar refractivity (Wildman–Crippen MR) is 83.3 cm³/mol. The Morgan fingerprint density at radius 2 is 2.30 bits per heavy atom. The van der Waals surface area contributed by atoms with Crippen molar-refractivity contribution >= 4 is 5.82 Å². The average molecular weight is 319 g/mol. The van der Waals surface area contributed by atoms with Gasteiger partial charge in [-0.25, -0.2) is 4.98 Å². The van der Waals surface area contributed by atoms with Gasteiger partial charge < -0.3 is 19.1 Å². The van der Waals surface area contributed by atoms with Crippen molar-refractivity contribution in [3.05, 3.63) is 34.5 Å². The molecule has 1 atom stereocenters. The summed E-state index contributed by atoms with van der Waals surface area (Å²) in [4.78, 5) is 22.6. The summed E-state index contributed by atoms with van der Waals surface area (Å²) in [5, 5.41) is 14.6. The lowest BCUT2D eigenvalue weighted by Gasteiger charge is -2.38. The first-order valence-corrected chi connectivity index (χ1v) is 7.83. The fourth-order valence-corrected chi connectivity index (χ4v) is 3.03. The van der Waals surface area contributed by atoms with Crippen LogP contribution in [-0.4, -0.2) is 43.5 Å². The van der Waals surface area contributed by atoms with E-state index in [1.54, 1.807) is 23.9 Å². The van der Waals surface area contributed by atoms with Gasteiger partial charge in [-0.1, -0.05) is 5.16 Å². The van der Waals surface area contributed by atoms with Crippen LogP contribution in [0, 0.1) is 6.92 Å². The number of hydrogen-bond acceptors (Lipinski definition) is 7. The molecular weight excluding hydrogens is 298 g/mol. The summed E-state index contributed by atoms with van der Waals surface area (Å²) in [5.41, 5.74) is -1.13. The van der Waals surface area contributed by atoms with E-state index in [4.69, 9.17) is 4.52 Å². The quantitative estimate of drug-likeness (QED) is 0.877. The van der Waals surface area contributed by atoms with E-state index in [2.05, 4.69) is 15.1 Å². The van der Waals surface area contributed by atoms with Crippen molar-refractivity contribution in [1.29, 1.82) is 0 Å². The highest BCUT2D eigenvalue weighted by Gasteiger charge is 2.36. The highest BCUT2D eigenvalue weighted by molar-refractivity contribution is 5.37. The van der Waals surface area contributed by atoms with Gasteiger partial charge in [0, 0.05) is 32.0 Å². The molecule has 8 heteroatoms. The summed E-state index contributed by atoms with van der Waals surface area (Å²) >= 11 is 0. The van der Waals surface area contributed by atoms with Crippen LogP contribution in [0.1, 0.15) is 31.5 Å². The maximum absolute atomic E-state index is 12.4. The molecule has 0 aromatic carbocycles. The van der Waals surface area contributed by atoms with E-state index in [1.165, 1.54) is 0 Å². The molecule has 8 nitrogen and oxygen atoms in total. The lowest BCUT2D eigenvalue weighted by molar-refractivity contribution is 0.0191. The van der Waals surface area contributed by atoms with Gasteiger partial charge in [0.2, 0.25) is 5.89 Å². The second-order valence-corrected chi connectivity index (χ2v) is 6.00. The van der Waals surface area contributed by atoms with E-state index in [-0.39, 0.29) is 12.0 Å². The fraction of sp³-hybridized carbons (Fsp3) is 0.600. The van der Waals surface area contributed by atoms with Crippen molar-refractivity contribution in [2.45, 2.75) is 45.3 Å². The van der Waals surface area contributed by atoms with Crippen LogP contribution in [0.15, 0.2) is 21.7 Å². The largest absolute Gasteiger partial charge is 0.388 e. The Hall–Kier alpha value is -2.22. The van der Waals surface area contributed by atoms with Gasteiger partial charge in [-0.05, 0) is 26.7 Å². The minimum Gasteiger partial charge on any atom is -0.388 e. The van der Waals surface area contributed by atoms with Crippen molar-refractivity contribution in [2.75, 3.05) is 18.0 Å². The van der Waals surface area contributed by atoms with Gasteiger partial charge in [0.25, 0.3) is 5.56 Å². The number of rotatable bonds is 4. The van der Waals surface area contributed by atoms with Crippen LogP contribution in [0.4, 0.5) is 5.82 Å². The number of piperidine rings is 1. The predicted octanol–water partition coefficient (Wildman–Crippen LogP) is 0.529. The van der Waals surface area contributed by atoms with Gasteiger partial charge in [0.15, 0.2) is 11.6 Å². The fourth-order valence-electron chi connectivity index (χ4n) is 3.03. The number of aryl methyl sites for hydroxylation is 2. The highest BCUT2D eigenvalue weighted by Crippen LogP contribution is 2.26. The lowest BCUT2D eigenvalue weighted by Crippen LogP contribution is -2.51. The highest BCUT2D eigenvalue weighted by atomic mass is 16.5. The first-order chi connectivity index (χ1) is 11.0. The van der Waals surface area contributed by atoms with E-state index in [1.807, 2.05) is 11.8 Å². The van der Waals surface area contributed by atoms with Crippen molar-refractivity contribution in [3.63, 3.8) is 0 Å². The molecule has 1 aliphatic rings. The molecule has 0 bridgehead atoms. The number of anilines is 1. The molecule has 3 heterocycles. The number of hydrogen-bond donors (Lipinski definition) is 1. The molecule has 0 radical (unpaired) electrons. The molecule has 0 aliphatic carbocycles. The third kappa shape index (κ3) is 3.26. The molecule has 23 heavy (non-hydrogen) atoms. The summed E-state index contributed by atoms with van der Waals surface area (Å²) < 4.78 is 6.72. The average Bonchev–Trinajstić information content (AvgIpc) is 2.92. The lowest BCUT2D eigenvalue weighted by atomic mass is 9.89. The van der Waals surface area contributed by atoms with Gasteiger partial charge in [-0.2, -0.15) is 4.98 Å². The van der Waals surface area contributed by atoms with E-state index in [0.717, 1.165) is 6.42 Å². The van der Waals surface area contributed by atoms with Gasteiger partial charge in [0.05, 0.1) is 12.0 Å². The topological polar surface area (TPSA) is 97.3 Å². The summed E-state index contributed by atoms with van der Waals surface area (Å²) in [6.07, 6.45) is 4.96. The second kappa shape index (κ2) is 6.11. The first kappa shape index (κ1) is 15.7. The van der Waals surface area contributed by atoms with Crippen LogP contribution < -0.4 is 10.5 Å². The van der Waals surface area contributed by atoms with Crippen LogP contribution >= 0.6 is 0 Å². The Balaban J connectivity index is 1.81. The smallest absolute Gasteiger partial charge is 0.293 e. The van der Waals surface area contributed by atoms with E-state index < -0.39 is 5.60 Å². The second-order valence-electron chi connectivity index (χ2n) is 6.00. The maximum Gasteiger partial charge on any atom is 0.293 e. The van der Waals surface area contributed by atoms with Crippen LogP contribution in [0.5, 0.6) is 0 Å². The molecule has 0 saturated carbocycles. The first-order valence-electron chi connectivity index (χ1n) is 7.83. The number of aromatic nitrogens is 4. The Kier molecular flexibility index (Phi) is 4.16. The van der Waals surface area contributed by atoms with Crippen molar-refractivity contribution in [1.82, 2.24) is 19.7 Å². The maximum atomic E-state index is 12.4. The van der Waals surface area contributed by atoms with E-state index >= 15 is 0 Å². The van der Waals surface area contributed by atoms with Gasteiger partial charge >= 0.3 is 0 Å². The molecule has 1 unspecified atom stereocenters. The molecule has 3 rings (SSSR count). The normalized spacial score (nSPS) is 21.6. The molecule has 1 aliphatic heterocycles. The third-order valence-electron chi connectivity index (χ3n) is 4.14. The van der Waals surface area contributed by atoms with Crippen molar-refractivity contribution in [3.8, 4) is 0 Å². The van der Waals surface area contributed by atoms with Gasteiger partial charge in [-0.15, -0.1) is 0 Å². The number of β-amino-alcohol motifs (C(OH)–C–C–N with tert-alkyl or cyclic N) is 1. The minimum atomic E-state index is -1.00. The Labute approximate surface area is 133 Å². The molecule has 1 N–H and O–H groups in total. The monoisotopic (exact) mass is 319 g/mol. The SMILES string of the molecule is CCn1ccnc(N2CCCC(O)(Cc3nc(C)no3)C2)c1=O. The summed E-state index contributed by atoms with van der Waals surface area (Å²) in [5.74, 6) is 1.35. The molecule has 0 amide bonds. The standard InChI is InChI=1S/C15H21N5O3/c1-3-19-8-6-16-13(14(19)21)20-7-4-5-15(22,10-20)9-12-17-11(2)18-23-12/h6,8,22H,3-5,7,9-10H2,1-2H3. The molecule has 1 fully saturated rings. The number of aliphatic hydroxyl groups is 1. The minimum absolute atomic E-state index is 0.132. The van der Waals surface area contributed by atoms with Crippen molar-refractivity contribution < 1.29 is 9.63 Å². The molecular formula is C15H21N5O3. The molecule has 0 spiro atoms. The zero-order chi connectivity index (χ0) is 16.4. The summed E-state index contributed by atoms with van der Waals surface area (Å²) in [6, 6.07) is 0. The van der Waals surface area contributed by atoms with Crippen molar-refractivity contribution in [2.24, 2.45) is 0 Å². The van der Waals surface area contributed by atoms with Crippen LogP contribution in [-0.2, 0) is 13.0 Å². The third-order valence-corrected chi connectivity index (χ3v) is 4.14. The van der Waals surface area contributed by atoms with Crippen LogP contribution in [0.25, 0.3) is 0 Å². The summed E-state index contributed by atoms with van der Waals surface area (Å²) in [6.45, 7) is 5.26. The Morgan fingerprint density at radius 1 is 1.48 bits per heavy atom. The Bertz CT molecular complexity index is 741. The van der Waals surface area contributed by atoms with E-state index in [0.29, 0.717) is 43.6 Å². The van der Waals surface area contributed by atoms with Crippen LogP contribution in [0.2, 0.25) is 0 Å². The van der Waals surface area contributed by atoms with Crippen LogP contribution in [0.3, 0.4) is 0 Å². The van der Waals surface area contributed by atoms with E-state index in [9.17, 15) is 9.90 Å². The Morgan fingerprint density at radius 3 is 3.00 bits per heavy atom. The van der Waals surface area contributed by atoms with Gasteiger partial charge in [-0.3, -0.25) is 4.79 Å². The molecule has 2 aromatic rings. The molecule has 2 aromatic heterocycles. The molecule has 1 saturated heterocycles. The zero-order valence-electron chi connectivity index (χ0n) is 13.4. The number of nitrogens with zero attached hydrogens (tertiary/aromatic N) is 5.